The molecule has 9 heteroatoms. The van der Waals surface area contributed by atoms with E-state index in [9.17, 15) is 8.42 Å². The molecule has 170 valence electrons. The topological polar surface area (TPSA) is 80.1 Å². The van der Waals surface area contributed by atoms with Crippen molar-refractivity contribution in [1.29, 1.82) is 0 Å². The molecule has 4 heterocycles. The number of nitrogens with zero attached hydrogens (tertiary/aromatic N) is 4. The molecule has 0 unspecified atom stereocenters. The Morgan fingerprint density at radius 1 is 1.00 bits per heavy atom. The van der Waals surface area contributed by atoms with Crippen molar-refractivity contribution in [2.75, 3.05) is 22.7 Å². The third kappa shape index (κ3) is 4.28. The van der Waals surface area contributed by atoms with Gasteiger partial charge in [-0.3, -0.25) is 4.72 Å². The Kier molecular flexibility index (Phi) is 5.72. The Bertz CT molecular complexity index is 1430. The molecule has 1 aliphatic heterocycles. The molecule has 0 amide bonds. The average Bonchev–Trinajstić information content (AvgIpc) is 3.17. The van der Waals surface area contributed by atoms with Crippen LogP contribution in [0.3, 0.4) is 0 Å². The number of aromatic nitrogens is 3. The number of benzene rings is 1. The number of sulfonamides is 1. The van der Waals surface area contributed by atoms with E-state index in [1.165, 1.54) is 31.4 Å². The summed E-state index contributed by atoms with van der Waals surface area (Å²) in [4.78, 5) is 11.5. The maximum Gasteiger partial charge on any atom is 0.261 e. The van der Waals surface area contributed by atoms with E-state index in [-0.39, 0.29) is 4.90 Å². The lowest BCUT2D eigenvalue weighted by atomic mass is 10.1. The minimum Gasteiger partial charge on any atom is -0.357 e. The molecule has 0 saturated carbocycles. The van der Waals surface area contributed by atoms with Gasteiger partial charge in [0.25, 0.3) is 10.0 Å². The zero-order valence-electron chi connectivity index (χ0n) is 18.2. The van der Waals surface area contributed by atoms with Crippen LogP contribution in [0.2, 0.25) is 5.02 Å². The lowest BCUT2D eigenvalue weighted by molar-refractivity contribution is 0.573. The van der Waals surface area contributed by atoms with Gasteiger partial charge in [-0.25, -0.2) is 18.4 Å². The Balaban J connectivity index is 1.59. The summed E-state index contributed by atoms with van der Waals surface area (Å²) in [6.45, 7) is 2.00. The van der Waals surface area contributed by atoms with Crippen molar-refractivity contribution in [3.63, 3.8) is 0 Å². The average molecular weight is 482 g/mol. The van der Waals surface area contributed by atoms with Crippen molar-refractivity contribution in [2.45, 2.75) is 24.2 Å². The van der Waals surface area contributed by atoms with Crippen LogP contribution >= 0.6 is 11.6 Å². The Labute approximate surface area is 198 Å². The Hall–Kier alpha value is -3.10. The van der Waals surface area contributed by atoms with E-state index in [0.717, 1.165) is 35.4 Å². The summed E-state index contributed by atoms with van der Waals surface area (Å²) in [5, 5.41) is 1.10. The standard InChI is InChI=1S/C24H24ClN5O2S/c1-29-16-20(17-8-10-26-22(14-17)30-12-3-2-4-13-30)23-21(9-11-27-24(23)29)28-33(31,32)19-7-5-6-18(25)15-19/h5-11,14-16H,2-4,12-13H2,1H3,(H,27,28). The number of anilines is 2. The first-order chi connectivity index (χ1) is 15.9. The number of rotatable bonds is 5. The van der Waals surface area contributed by atoms with Crippen molar-refractivity contribution in [3.05, 3.63) is 66.1 Å². The van der Waals surface area contributed by atoms with E-state index in [0.29, 0.717) is 16.4 Å². The number of hydrogen-bond donors (Lipinski definition) is 1. The van der Waals surface area contributed by atoms with Gasteiger partial charge in [-0.15, -0.1) is 0 Å². The molecule has 0 atom stereocenters. The zero-order valence-corrected chi connectivity index (χ0v) is 19.8. The molecule has 0 bridgehead atoms. The van der Waals surface area contributed by atoms with Crippen molar-refractivity contribution in [1.82, 2.24) is 14.5 Å². The second-order valence-electron chi connectivity index (χ2n) is 8.22. The van der Waals surface area contributed by atoms with E-state index in [1.807, 2.05) is 30.1 Å². The fourth-order valence-electron chi connectivity index (χ4n) is 4.33. The molecule has 5 rings (SSSR count). The summed E-state index contributed by atoms with van der Waals surface area (Å²) < 4.78 is 30.8. The normalized spacial score (nSPS) is 14.5. The van der Waals surface area contributed by atoms with Gasteiger partial charge in [0.2, 0.25) is 0 Å². The van der Waals surface area contributed by atoms with Crippen LogP contribution in [0.15, 0.2) is 66.0 Å². The van der Waals surface area contributed by atoms with Gasteiger partial charge in [0.1, 0.15) is 11.5 Å². The lowest BCUT2D eigenvalue weighted by Gasteiger charge is -2.27. The van der Waals surface area contributed by atoms with Gasteiger partial charge >= 0.3 is 0 Å². The molecule has 1 saturated heterocycles. The summed E-state index contributed by atoms with van der Waals surface area (Å²) >= 11 is 6.02. The van der Waals surface area contributed by atoms with E-state index in [4.69, 9.17) is 11.6 Å². The molecule has 1 aliphatic rings. The number of nitrogens with one attached hydrogen (secondary N) is 1. The van der Waals surface area contributed by atoms with Gasteiger partial charge in [-0.1, -0.05) is 17.7 Å². The molecule has 0 aliphatic carbocycles. The van der Waals surface area contributed by atoms with E-state index >= 15 is 0 Å². The summed E-state index contributed by atoms with van der Waals surface area (Å²) in [7, 11) is -1.93. The van der Waals surface area contributed by atoms with E-state index < -0.39 is 10.0 Å². The minimum absolute atomic E-state index is 0.105. The van der Waals surface area contributed by atoms with Crippen molar-refractivity contribution in [3.8, 4) is 11.1 Å². The van der Waals surface area contributed by atoms with Crippen LogP contribution in [0.4, 0.5) is 11.5 Å². The number of halogens is 1. The molecule has 0 radical (unpaired) electrons. The van der Waals surface area contributed by atoms with Gasteiger partial charge in [0, 0.05) is 49.3 Å². The number of piperidine rings is 1. The maximum absolute atomic E-state index is 13.1. The molecule has 4 aromatic rings. The molecule has 1 aromatic carbocycles. The second-order valence-corrected chi connectivity index (χ2v) is 10.3. The largest absolute Gasteiger partial charge is 0.357 e. The molecular formula is C24H24ClN5O2S. The highest BCUT2D eigenvalue weighted by Gasteiger charge is 2.21. The van der Waals surface area contributed by atoms with Crippen LogP contribution in [0, 0.1) is 0 Å². The highest BCUT2D eigenvalue weighted by atomic mass is 35.5. The molecule has 33 heavy (non-hydrogen) atoms. The predicted octanol–water partition coefficient (Wildman–Crippen LogP) is 5.08. The van der Waals surface area contributed by atoms with Crippen LogP contribution in [-0.2, 0) is 17.1 Å². The lowest BCUT2D eigenvalue weighted by Crippen LogP contribution is -2.30. The third-order valence-electron chi connectivity index (χ3n) is 5.94. The number of hydrogen-bond acceptors (Lipinski definition) is 5. The molecule has 3 aromatic heterocycles. The third-order valence-corrected chi connectivity index (χ3v) is 7.54. The van der Waals surface area contributed by atoms with Gasteiger partial charge in [0.05, 0.1) is 16.0 Å². The smallest absolute Gasteiger partial charge is 0.261 e. The maximum atomic E-state index is 13.1. The monoisotopic (exact) mass is 481 g/mol. The van der Waals surface area contributed by atoms with Crippen LogP contribution < -0.4 is 9.62 Å². The first-order valence-corrected chi connectivity index (χ1v) is 12.7. The highest BCUT2D eigenvalue weighted by molar-refractivity contribution is 7.92. The first kappa shape index (κ1) is 21.7. The van der Waals surface area contributed by atoms with Gasteiger partial charge < -0.3 is 9.47 Å². The van der Waals surface area contributed by atoms with E-state index in [2.05, 4.69) is 25.7 Å². The molecule has 1 fully saturated rings. The van der Waals surface area contributed by atoms with Gasteiger partial charge in [-0.05, 0) is 61.2 Å². The molecule has 1 N–H and O–H groups in total. The summed E-state index contributed by atoms with van der Waals surface area (Å²) in [6.07, 6.45) is 8.97. The molecule has 7 nitrogen and oxygen atoms in total. The fourth-order valence-corrected chi connectivity index (χ4v) is 5.70. The predicted molar refractivity (Wildman–Crippen MR) is 132 cm³/mol. The zero-order chi connectivity index (χ0) is 23.0. The highest BCUT2D eigenvalue weighted by Crippen LogP contribution is 2.36. The summed E-state index contributed by atoms with van der Waals surface area (Å²) in [5.41, 5.74) is 3.01. The Morgan fingerprint density at radius 2 is 1.79 bits per heavy atom. The summed E-state index contributed by atoms with van der Waals surface area (Å²) in [6, 6.07) is 11.9. The molecule has 0 spiro atoms. The Morgan fingerprint density at radius 3 is 2.58 bits per heavy atom. The number of pyridine rings is 2. The number of fused-ring (bicyclic) bond motifs is 1. The van der Waals surface area contributed by atoms with Gasteiger partial charge in [0.15, 0.2) is 0 Å². The van der Waals surface area contributed by atoms with Gasteiger partial charge in [-0.2, -0.15) is 0 Å². The summed E-state index contributed by atoms with van der Waals surface area (Å²) in [5.74, 6) is 0.939. The SMILES string of the molecule is Cn1cc(-c2ccnc(N3CCCCC3)c2)c2c(NS(=O)(=O)c3cccc(Cl)c3)ccnc21. The molecular weight excluding hydrogens is 458 g/mol. The van der Waals surface area contributed by atoms with Crippen molar-refractivity contribution >= 4 is 44.2 Å². The second kappa shape index (κ2) is 8.68. The van der Waals surface area contributed by atoms with Crippen LogP contribution in [0.1, 0.15) is 19.3 Å². The van der Waals surface area contributed by atoms with Crippen LogP contribution in [-0.4, -0.2) is 36.0 Å². The fraction of sp³-hybridized carbons (Fsp3) is 0.250. The van der Waals surface area contributed by atoms with Crippen molar-refractivity contribution in [2.24, 2.45) is 7.05 Å². The minimum atomic E-state index is -3.83. The first-order valence-electron chi connectivity index (χ1n) is 10.9. The van der Waals surface area contributed by atoms with Crippen LogP contribution in [0.5, 0.6) is 0 Å². The van der Waals surface area contributed by atoms with Crippen molar-refractivity contribution < 1.29 is 8.42 Å². The number of aryl methyl sites for hydroxylation is 1. The van der Waals surface area contributed by atoms with E-state index in [1.54, 1.807) is 24.4 Å². The quantitative estimate of drug-likeness (QED) is 0.430. The van der Waals surface area contributed by atoms with Crippen LogP contribution in [0.25, 0.3) is 22.2 Å².